The number of aromatic hydroxyl groups is 1. The predicted octanol–water partition coefficient (Wildman–Crippen LogP) is 2.96. The van der Waals surface area contributed by atoms with Gasteiger partial charge in [0.25, 0.3) is 0 Å². The summed E-state index contributed by atoms with van der Waals surface area (Å²) < 4.78 is 16.3. The zero-order chi connectivity index (χ0) is 20.7. The van der Waals surface area contributed by atoms with Crippen LogP contribution in [0.1, 0.15) is 50.2 Å². The highest BCUT2D eigenvalue weighted by molar-refractivity contribution is 5.71. The van der Waals surface area contributed by atoms with E-state index in [0.717, 1.165) is 6.07 Å². The minimum absolute atomic E-state index is 0.00105. The van der Waals surface area contributed by atoms with Crippen molar-refractivity contribution in [3.63, 3.8) is 0 Å². The molecule has 0 saturated heterocycles. The van der Waals surface area contributed by atoms with Crippen molar-refractivity contribution in [1.82, 2.24) is 0 Å². The Hall–Kier alpha value is -2.80. The van der Waals surface area contributed by atoms with Crippen LogP contribution in [0.5, 0.6) is 11.5 Å². The number of aliphatic hydroxyl groups is 1. The molecule has 2 rings (SSSR count). The van der Waals surface area contributed by atoms with Gasteiger partial charge in [0, 0.05) is 6.07 Å². The highest BCUT2D eigenvalue weighted by atomic mass is 16.5. The fraction of sp³-hybridized carbons (Fsp3) is 0.429. The van der Waals surface area contributed by atoms with E-state index in [1.807, 2.05) is 13.8 Å². The lowest BCUT2D eigenvalue weighted by Crippen LogP contribution is -2.15. The zero-order valence-corrected chi connectivity index (χ0v) is 16.3. The van der Waals surface area contributed by atoms with Crippen LogP contribution in [-0.4, -0.2) is 29.4 Å². The fourth-order valence-corrected chi connectivity index (χ4v) is 2.70. The summed E-state index contributed by atoms with van der Waals surface area (Å²) in [5.74, 6) is -1.04. The molecule has 1 unspecified atom stereocenters. The molecule has 0 aliphatic rings. The molecule has 1 atom stereocenters. The summed E-state index contributed by atoms with van der Waals surface area (Å²) in [6.45, 7) is 5.96. The Bertz CT molecular complexity index is 854. The van der Waals surface area contributed by atoms with Crippen LogP contribution in [0.2, 0.25) is 0 Å². The highest BCUT2D eigenvalue weighted by Crippen LogP contribution is 2.34. The van der Waals surface area contributed by atoms with Crippen molar-refractivity contribution in [2.24, 2.45) is 5.92 Å². The van der Waals surface area contributed by atoms with Gasteiger partial charge in [0.15, 0.2) is 5.76 Å². The van der Waals surface area contributed by atoms with Crippen LogP contribution in [0.25, 0.3) is 0 Å². The summed E-state index contributed by atoms with van der Waals surface area (Å²) in [6, 6.07) is 8.04. The van der Waals surface area contributed by atoms with E-state index in [2.05, 4.69) is 0 Å². The summed E-state index contributed by atoms with van der Waals surface area (Å²) in [4.78, 5) is 24.2. The second-order valence-electron chi connectivity index (χ2n) is 6.79. The predicted molar refractivity (Wildman–Crippen MR) is 102 cm³/mol. The summed E-state index contributed by atoms with van der Waals surface area (Å²) >= 11 is 0. The van der Waals surface area contributed by atoms with Crippen LogP contribution in [-0.2, 0) is 16.1 Å². The van der Waals surface area contributed by atoms with Gasteiger partial charge in [0.05, 0.1) is 25.6 Å². The first-order valence-electron chi connectivity index (χ1n) is 9.20. The SMILES string of the molecule is CCOC(=O)CC(c1cccc(OCC(C)C)c1)c1oc(CO)cc(=O)c1O. The minimum Gasteiger partial charge on any atom is -0.502 e. The summed E-state index contributed by atoms with van der Waals surface area (Å²) in [5, 5.41) is 19.6. The summed E-state index contributed by atoms with van der Waals surface area (Å²) in [5.41, 5.74) is -0.0748. The van der Waals surface area contributed by atoms with Crippen molar-refractivity contribution in [1.29, 1.82) is 0 Å². The van der Waals surface area contributed by atoms with E-state index < -0.39 is 29.7 Å². The molecule has 0 saturated carbocycles. The lowest BCUT2D eigenvalue weighted by Gasteiger charge is -2.18. The highest BCUT2D eigenvalue weighted by Gasteiger charge is 2.27. The first-order valence-corrected chi connectivity index (χ1v) is 9.20. The molecule has 1 aromatic heterocycles. The third-order valence-electron chi connectivity index (χ3n) is 3.99. The molecule has 7 heteroatoms. The standard InChI is InChI=1S/C21H26O7/c1-4-26-19(24)10-17(21-20(25)18(23)9-16(11-22)28-21)14-6-5-7-15(8-14)27-12-13(2)3/h5-9,13,17,22,25H,4,10-12H2,1-3H3. The maximum atomic E-state index is 12.1. The van der Waals surface area contributed by atoms with Crippen molar-refractivity contribution in [2.45, 2.75) is 39.7 Å². The Morgan fingerprint density at radius 1 is 1.25 bits per heavy atom. The van der Waals surface area contributed by atoms with Crippen molar-refractivity contribution in [3.05, 3.63) is 57.6 Å². The zero-order valence-electron chi connectivity index (χ0n) is 16.3. The van der Waals surface area contributed by atoms with Crippen LogP contribution in [0.4, 0.5) is 0 Å². The average molecular weight is 390 g/mol. The molecule has 0 spiro atoms. The van der Waals surface area contributed by atoms with Gasteiger partial charge >= 0.3 is 5.97 Å². The van der Waals surface area contributed by atoms with Gasteiger partial charge in [0.1, 0.15) is 18.1 Å². The van der Waals surface area contributed by atoms with Gasteiger partial charge in [0.2, 0.25) is 11.2 Å². The molecule has 28 heavy (non-hydrogen) atoms. The number of esters is 1. The number of hydrogen-bond acceptors (Lipinski definition) is 7. The smallest absolute Gasteiger partial charge is 0.306 e. The van der Waals surface area contributed by atoms with Crippen LogP contribution in [0.3, 0.4) is 0 Å². The Balaban J connectivity index is 2.49. The van der Waals surface area contributed by atoms with Gasteiger partial charge in [-0.05, 0) is 30.5 Å². The number of ether oxygens (including phenoxy) is 2. The molecule has 0 aliphatic heterocycles. The molecule has 0 amide bonds. The van der Waals surface area contributed by atoms with E-state index in [-0.39, 0.29) is 24.5 Å². The van der Waals surface area contributed by atoms with Crippen LogP contribution in [0.15, 0.2) is 39.5 Å². The fourth-order valence-electron chi connectivity index (χ4n) is 2.70. The van der Waals surface area contributed by atoms with Crippen molar-refractivity contribution in [2.75, 3.05) is 13.2 Å². The normalized spacial score (nSPS) is 12.0. The topological polar surface area (TPSA) is 106 Å². The van der Waals surface area contributed by atoms with Gasteiger partial charge in [-0.1, -0.05) is 26.0 Å². The van der Waals surface area contributed by atoms with Crippen LogP contribution in [0, 0.1) is 5.92 Å². The van der Waals surface area contributed by atoms with E-state index >= 15 is 0 Å². The van der Waals surface area contributed by atoms with E-state index in [0.29, 0.717) is 23.8 Å². The lowest BCUT2D eigenvalue weighted by atomic mass is 9.92. The second-order valence-corrected chi connectivity index (χ2v) is 6.79. The molecule has 0 bridgehead atoms. The average Bonchev–Trinajstić information content (AvgIpc) is 2.67. The molecular weight excluding hydrogens is 364 g/mol. The molecule has 152 valence electrons. The molecular formula is C21H26O7. The number of carbonyl (C=O) groups excluding carboxylic acids is 1. The number of benzene rings is 1. The van der Waals surface area contributed by atoms with E-state index in [9.17, 15) is 19.8 Å². The Morgan fingerprint density at radius 2 is 2.00 bits per heavy atom. The monoisotopic (exact) mass is 390 g/mol. The van der Waals surface area contributed by atoms with Crippen LogP contribution < -0.4 is 10.2 Å². The third-order valence-corrected chi connectivity index (χ3v) is 3.99. The Kier molecular flexibility index (Phi) is 7.63. The van der Waals surface area contributed by atoms with E-state index in [1.54, 1.807) is 31.2 Å². The minimum atomic E-state index is -0.777. The second kappa shape index (κ2) is 9.94. The molecule has 1 aromatic carbocycles. The molecule has 7 nitrogen and oxygen atoms in total. The van der Waals surface area contributed by atoms with Gasteiger partial charge in [-0.15, -0.1) is 0 Å². The maximum Gasteiger partial charge on any atom is 0.306 e. The van der Waals surface area contributed by atoms with Gasteiger partial charge < -0.3 is 24.1 Å². The number of hydrogen-bond donors (Lipinski definition) is 2. The van der Waals surface area contributed by atoms with Gasteiger partial charge in [-0.25, -0.2) is 0 Å². The number of aliphatic hydroxyl groups excluding tert-OH is 1. The quantitative estimate of drug-likeness (QED) is 0.634. The van der Waals surface area contributed by atoms with Gasteiger partial charge in [-0.3, -0.25) is 9.59 Å². The first-order chi connectivity index (χ1) is 13.3. The molecule has 0 aliphatic carbocycles. The Morgan fingerprint density at radius 3 is 2.64 bits per heavy atom. The largest absolute Gasteiger partial charge is 0.502 e. The molecule has 0 fully saturated rings. The van der Waals surface area contributed by atoms with Crippen molar-refractivity contribution < 1.29 is 28.9 Å². The van der Waals surface area contributed by atoms with Crippen molar-refractivity contribution >= 4 is 5.97 Å². The lowest BCUT2D eigenvalue weighted by molar-refractivity contribution is -0.143. The van der Waals surface area contributed by atoms with Gasteiger partial charge in [-0.2, -0.15) is 0 Å². The molecule has 2 N–H and O–H groups in total. The molecule has 2 aromatic rings. The maximum absolute atomic E-state index is 12.1. The summed E-state index contributed by atoms with van der Waals surface area (Å²) in [6.07, 6.45) is -0.146. The van der Waals surface area contributed by atoms with Crippen LogP contribution >= 0.6 is 0 Å². The number of rotatable bonds is 9. The summed E-state index contributed by atoms with van der Waals surface area (Å²) in [7, 11) is 0. The molecule has 0 radical (unpaired) electrons. The molecule has 1 heterocycles. The van der Waals surface area contributed by atoms with E-state index in [1.165, 1.54) is 0 Å². The van der Waals surface area contributed by atoms with Crippen molar-refractivity contribution in [3.8, 4) is 11.5 Å². The first kappa shape index (κ1) is 21.5. The number of carbonyl (C=O) groups is 1. The van der Waals surface area contributed by atoms with E-state index in [4.69, 9.17) is 13.9 Å². The third kappa shape index (κ3) is 5.60. The Labute approximate surface area is 163 Å².